The van der Waals surface area contributed by atoms with Gasteiger partial charge in [0.2, 0.25) is 0 Å². The van der Waals surface area contributed by atoms with Gasteiger partial charge >= 0.3 is 0 Å². The lowest BCUT2D eigenvalue weighted by Gasteiger charge is -2.24. The minimum absolute atomic E-state index is 0.608. The Balaban J connectivity index is 1.82. The molecular formula is C16H19ClN2O. The summed E-state index contributed by atoms with van der Waals surface area (Å²) < 4.78 is 5.46. The molecule has 1 fully saturated rings. The Morgan fingerprint density at radius 3 is 2.75 bits per heavy atom. The summed E-state index contributed by atoms with van der Waals surface area (Å²) in [5.74, 6) is 0.985. The van der Waals surface area contributed by atoms with Crippen molar-refractivity contribution in [3.8, 4) is 0 Å². The van der Waals surface area contributed by atoms with Crippen LogP contribution in [0.3, 0.4) is 0 Å². The molecule has 1 aromatic carbocycles. The van der Waals surface area contributed by atoms with E-state index in [4.69, 9.17) is 21.8 Å². The highest BCUT2D eigenvalue weighted by Gasteiger charge is 2.30. The number of furan rings is 1. The molecule has 1 saturated carbocycles. The summed E-state index contributed by atoms with van der Waals surface area (Å²) in [6.07, 6.45) is 5.02. The molecule has 0 unspecified atom stereocenters. The van der Waals surface area contributed by atoms with Crippen LogP contribution in [0.4, 0.5) is 5.69 Å². The maximum absolute atomic E-state index is 6.35. The van der Waals surface area contributed by atoms with E-state index in [-0.39, 0.29) is 0 Å². The molecule has 0 atom stereocenters. The largest absolute Gasteiger partial charge is 0.467 e. The van der Waals surface area contributed by atoms with E-state index < -0.39 is 0 Å². The second-order valence-electron chi connectivity index (χ2n) is 5.25. The molecule has 2 N–H and O–H groups in total. The SMILES string of the molecule is NCCc1ccc(N(Cc2ccco2)C2CC2)cc1Cl. The van der Waals surface area contributed by atoms with E-state index in [2.05, 4.69) is 17.0 Å². The minimum Gasteiger partial charge on any atom is -0.467 e. The minimum atomic E-state index is 0.608. The van der Waals surface area contributed by atoms with Gasteiger partial charge in [-0.2, -0.15) is 0 Å². The first-order chi connectivity index (χ1) is 9.78. The Hall–Kier alpha value is -1.45. The molecule has 4 heteroatoms. The van der Waals surface area contributed by atoms with Gasteiger partial charge in [0.05, 0.1) is 12.8 Å². The molecule has 0 saturated heterocycles. The summed E-state index contributed by atoms with van der Waals surface area (Å²) in [6.45, 7) is 1.42. The Morgan fingerprint density at radius 2 is 2.15 bits per heavy atom. The molecule has 3 nitrogen and oxygen atoms in total. The first kappa shape index (κ1) is 13.5. The standard InChI is InChI=1S/C16H19ClN2O/c17-16-10-14(4-3-12(16)7-8-18)19(13-5-6-13)11-15-2-1-9-20-15/h1-4,9-10,13H,5-8,11,18H2. The highest BCUT2D eigenvalue weighted by molar-refractivity contribution is 6.31. The summed E-state index contributed by atoms with van der Waals surface area (Å²) in [5.41, 5.74) is 7.87. The van der Waals surface area contributed by atoms with Gasteiger partial charge in [-0.3, -0.25) is 0 Å². The molecule has 1 aliphatic rings. The van der Waals surface area contributed by atoms with E-state index in [1.165, 1.54) is 12.8 Å². The smallest absolute Gasteiger partial charge is 0.123 e. The molecule has 106 valence electrons. The van der Waals surface area contributed by atoms with Crippen molar-refractivity contribution in [2.45, 2.75) is 31.8 Å². The van der Waals surface area contributed by atoms with Crippen LogP contribution in [0.5, 0.6) is 0 Å². The van der Waals surface area contributed by atoms with Gasteiger partial charge in [0.15, 0.2) is 0 Å². The first-order valence-electron chi connectivity index (χ1n) is 7.05. The third-order valence-corrected chi connectivity index (χ3v) is 4.03. The van der Waals surface area contributed by atoms with Gasteiger partial charge in [0, 0.05) is 16.8 Å². The average molecular weight is 291 g/mol. The zero-order chi connectivity index (χ0) is 13.9. The summed E-state index contributed by atoms with van der Waals surface area (Å²) in [6, 6.07) is 10.8. The van der Waals surface area contributed by atoms with Crippen LogP contribution in [-0.4, -0.2) is 12.6 Å². The van der Waals surface area contributed by atoms with Gasteiger partial charge in [-0.05, 0) is 55.6 Å². The Bertz CT molecular complexity index is 564. The normalized spacial score (nSPS) is 14.5. The topological polar surface area (TPSA) is 42.4 Å². The van der Waals surface area contributed by atoms with Gasteiger partial charge in [-0.25, -0.2) is 0 Å². The quantitative estimate of drug-likeness (QED) is 0.884. The molecule has 3 rings (SSSR count). The van der Waals surface area contributed by atoms with E-state index in [1.54, 1.807) is 6.26 Å². The van der Waals surface area contributed by atoms with Gasteiger partial charge in [0.1, 0.15) is 5.76 Å². The summed E-state index contributed by atoms with van der Waals surface area (Å²) in [7, 11) is 0. The zero-order valence-corrected chi connectivity index (χ0v) is 12.1. The van der Waals surface area contributed by atoms with Crippen molar-refractivity contribution in [1.29, 1.82) is 0 Å². The lowest BCUT2D eigenvalue weighted by molar-refractivity contribution is 0.501. The van der Waals surface area contributed by atoms with E-state index in [0.717, 1.165) is 35.0 Å². The van der Waals surface area contributed by atoms with Crippen LogP contribution >= 0.6 is 11.6 Å². The van der Waals surface area contributed by atoms with E-state index in [9.17, 15) is 0 Å². The molecule has 0 bridgehead atoms. The fourth-order valence-electron chi connectivity index (χ4n) is 2.46. The Kier molecular flexibility index (Phi) is 3.99. The number of nitrogens with zero attached hydrogens (tertiary/aromatic N) is 1. The molecule has 0 aliphatic heterocycles. The van der Waals surface area contributed by atoms with Crippen molar-refractivity contribution in [2.24, 2.45) is 5.73 Å². The highest BCUT2D eigenvalue weighted by atomic mass is 35.5. The van der Waals surface area contributed by atoms with Crippen molar-refractivity contribution in [2.75, 3.05) is 11.4 Å². The maximum Gasteiger partial charge on any atom is 0.123 e. The number of rotatable bonds is 6. The van der Waals surface area contributed by atoms with Crippen LogP contribution in [0.1, 0.15) is 24.2 Å². The number of anilines is 1. The number of nitrogens with two attached hydrogens (primary N) is 1. The molecule has 20 heavy (non-hydrogen) atoms. The van der Waals surface area contributed by atoms with Crippen LogP contribution in [0.15, 0.2) is 41.0 Å². The second kappa shape index (κ2) is 5.90. The van der Waals surface area contributed by atoms with Crippen molar-refractivity contribution >= 4 is 17.3 Å². The zero-order valence-electron chi connectivity index (χ0n) is 11.4. The van der Waals surface area contributed by atoms with E-state index in [1.807, 2.05) is 18.2 Å². The average Bonchev–Trinajstić information content (AvgIpc) is 3.15. The first-order valence-corrected chi connectivity index (χ1v) is 7.43. The number of halogens is 1. The summed E-state index contributed by atoms with van der Waals surface area (Å²) in [4.78, 5) is 2.37. The van der Waals surface area contributed by atoms with Crippen molar-refractivity contribution in [3.63, 3.8) is 0 Å². The molecule has 1 heterocycles. The predicted molar refractivity (Wildman–Crippen MR) is 82.1 cm³/mol. The number of benzene rings is 1. The van der Waals surface area contributed by atoms with Crippen LogP contribution in [0, 0.1) is 0 Å². The third kappa shape index (κ3) is 3.00. The van der Waals surface area contributed by atoms with Gasteiger partial charge < -0.3 is 15.1 Å². The fourth-order valence-corrected chi connectivity index (χ4v) is 2.73. The van der Waals surface area contributed by atoms with Crippen LogP contribution in [0.2, 0.25) is 5.02 Å². The van der Waals surface area contributed by atoms with Crippen LogP contribution in [0.25, 0.3) is 0 Å². The van der Waals surface area contributed by atoms with E-state index >= 15 is 0 Å². The van der Waals surface area contributed by atoms with Crippen LogP contribution < -0.4 is 10.6 Å². The molecule has 0 spiro atoms. The van der Waals surface area contributed by atoms with Crippen molar-refractivity contribution < 1.29 is 4.42 Å². The molecule has 0 amide bonds. The monoisotopic (exact) mass is 290 g/mol. The van der Waals surface area contributed by atoms with Crippen LogP contribution in [-0.2, 0) is 13.0 Å². The molecule has 1 aromatic heterocycles. The number of hydrogen-bond donors (Lipinski definition) is 1. The third-order valence-electron chi connectivity index (χ3n) is 3.68. The van der Waals surface area contributed by atoms with Crippen molar-refractivity contribution in [3.05, 3.63) is 52.9 Å². The predicted octanol–water partition coefficient (Wildman–Crippen LogP) is 3.60. The molecule has 2 aromatic rings. The summed E-state index contributed by atoms with van der Waals surface area (Å²) >= 11 is 6.35. The Morgan fingerprint density at radius 1 is 1.30 bits per heavy atom. The molecular weight excluding hydrogens is 272 g/mol. The second-order valence-corrected chi connectivity index (χ2v) is 5.66. The van der Waals surface area contributed by atoms with Gasteiger partial charge in [-0.1, -0.05) is 17.7 Å². The van der Waals surface area contributed by atoms with Gasteiger partial charge in [0.25, 0.3) is 0 Å². The maximum atomic E-state index is 6.35. The lowest BCUT2D eigenvalue weighted by atomic mass is 10.1. The Labute approximate surface area is 124 Å². The summed E-state index contributed by atoms with van der Waals surface area (Å²) in [5, 5.41) is 0.804. The van der Waals surface area contributed by atoms with Gasteiger partial charge in [-0.15, -0.1) is 0 Å². The lowest BCUT2D eigenvalue weighted by Crippen LogP contribution is -2.24. The van der Waals surface area contributed by atoms with E-state index in [0.29, 0.717) is 12.6 Å². The highest BCUT2D eigenvalue weighted by Crippen LogP contribution is 2.35. The fraction of sp³-hybridized carbons (Fsp3) is 0.375. The number of hydrogen-bond acceptors (Lipinski definition) is 3. The molecule has 0 radical (unpaired) electrons. The molecule has 1 aliphatic carbocycles. The van der Waals surface area contributed by atoms with Crippen molar-refractivity contribution in [1.82, 2.24) is 0 Å².